The van der Waals surface area contributed by atoms with Crippen LogP contribution in [0.1, 0.15) is 48.9 Å². The van der Waals surface area contributed by atoms with E-state index in [-0.39, 0.29) is 16.7 Å². The molecule has 2 N–H and O–H groups in total. The predicted molar refractivity (Wildman–Crippen MR) is 119 cm³/mol. The SMILES string of the molecule is C[C@@H](Nc1ncnc2c1cc(C1(O)CCN(C)CC1)c(=O)n2C)c1cccc(C(F)F)c1F. The Balaban J connectivity index is 1.77. The number of pyridine rings is 1. The maximum absolute atomic E-state index is 14.7. The highest BCUT2D eigenvalue weighted by molar-refractivity contribution is 5.87. The number of fused-ring (bicyclic) bond motifs is 1. The van der Waals surface area contributed by atoms with Crippen LogP contribution in [0.5, 0.6) is 0 Å². The topological polar surface area (TPSA) is 83.3 Å². The first-order valence-corrected chi connectivity index (χ1v) is 10.7. The lowest BCUT2D eigenvalue weighted by molar-refractivity contribution is -0.0215. The van der Waals surface area contributed by atoms with E-state index in [0.717, 1.165) is 6.07 Å². The van der Waals surface area contributed by atoms with Crippen LogP contribution in [0.25, 0.3) is 11.0 Å². The van der Waals surface area contributed by atoms with E-state index in [1.54, 1.807) is 20.0 Å². The number of likely N-dealkylation sites (tertiary alicyclic amines) is 1. The molecule has 1 aliphatic rings. The van der Waals surface area contributed by atoms with Gasteiger partial charge in [0.15, 0.2) is 0 Å². The molecule has 0 spiro atoms. The smallest absolute Gasteiger partial charge is 0.266 e. The first-order chi connectivity index (χ1) is 15.6. The molecule has 10 heteroatoms. The fourth-order valence-corrected chi connectivity index (χ4v) is 4.33. The molecule has 1 aliphatic heterocycles. The Hall–Kier alpha value is -2.98. The Morgan fingerprint density at radius 2 is 1.82 bits per heavy atom. The summed E-state index contributed by atoms with van der Waals surface area (Å²) in [5.41, 5.74) is -1.63. The van der Waals surface area contributed by atoms with Gasteiger partial charge in [-0.3, -0.25) is 9.36 Å². The van der Waals surface area contributed by atoms with Gasteiger partial charge in [0.05, 0.1) is 22.6 Å². The van der Waals surface area contributed by atoms with E-state index in [1.807, 2.05) is 7.05 Å². The van der Waals surface area contributed by atoms with Crippen molar-refractivity contribution < 1.29 is 18.3 Å². The molecule has 1 saturated heterocycles. The Morgan fingerprint density at radius 3 is 2.48 bits per heavy atom. The van der Waals surface area contributed by atoms with Gasteiger partial charge in [0.25, 0.3) is 12.0 Å². The molecule has 0 radical (unpaired) electrons. The van der Waals surface area contributed by atoms with Crippen LogP contribution in [0, 0.1) is 5.82 Å². The van der Waals surface area contributed by atoms with Crippen molar-refractivity contribution >= 4 is 16.9 Å². The van der Waals surface area contributed by atoms with Gasteiger partial charge >= 0.3 is 0 Å². The van der Waals surface area contributed by atoms with E-state index < -0.39 is 29.4 Å². The van der Waals surface area contributed by atoms with E-state index in [9.17, 15) is 23.1 Å². The Bertz CT molecular complexity index is 1240. The largest absolute Gasteiger partial charge is 0.385 e. The number of hydrogen-bond donors (Lipinski definition) is 2. The van der Waals surface area contributed by atoms with Gasteiger partial charge in [0.2, 0.25) is 0 Å². The van der Waals surface area contributed by atoms with Crippen molar-refractivity contribution in [3.05, 3.63) is 63.5 Å². The monoisotopic (exact) mass is 461 g/mol. The second kappa shape index (κ2) is 8.75. The molecule has 0 unspecified atom stereocenters. The Kier molecular flexibility index (Phi) is 6.15. The first-order valence-electron chi connectivity index (χ1n) is 10.7. The summed E-state index contributed by atoms with van der Waals surface area (Å²) in [6.07, 6.45) is -0.845. The molecule has 4 rings (SSSR count). The third-order valence-corrected chi connectivity index (χ3v) is 6.43. The molecule has 176 valence electrons. The fraction of sp³-hybridized carbons (Fsp3) is 0.435. The second-order valence-corrected chi connectivity index (χ2v) is 8.63. The van der Waals surface area contributed by atoms with Crippen LogP contribution in [0.4, 0.5) is 19.0 Å². The van der Waals surface area contributed by atoms with Gasteiger partial charge in [0.1, 0.15) is 23.6 Å². The average Bonchev–Trinajstić information content (AvgIpc) is 2.78. The Labute approximate surface area is 188 Å². The molecule has 3 aromatic rings. The summed E-state index contributed by atoms with van der Waals surface area (Å²) < 4.78 is 42.3. The molecule has 3 heterocycles. The normalized spacial score (nSPS) is 17.5. The number of benzene rings is 1. The van der Waals surface area contributed by atoms with Gasteiger partial charge in [-0.15, -0.1) is 0 Å². The van der Waals surface area contributed by atoms with Crippen molar-refractivity contribution in [1.82, 2.24) is 19.4 Å². The molecular formula is C23H26F3N5O2. The van der Waals surface area contributed by atoms with Crippen LogP contribution in [0.3, 0.4) is 0 Å². The van der Waals surface area contributed by atoms with E-state index in [4.69, 9.17) is 0 Å². The third-order valence-electron chi connectivity index (χ3n) is 6.43. The number of rotatable bonds is 5. The summed E-state index contributed by atoms with van der Waals surface area (Å²) in [7, 11) is 3.52. The molecule has 0 bridgehead atoms. The van der Waals surface area contributed by atoms with Crippen molar-refractivity contribution in [1.29, 1.82) is 0 Å². The molecule has 7 nitrogen and oxygen atoms in total. The molecule has 1 atom stereocenters. The maximum atomic E-state index is 14.7. The minimum Gasteiger partial charge on any atom is -0.385 e. The molecule has 0 saturated carbocycles. The zero-order valence-electron chi connectivity index (χ0n) is 18.6. The van der Waals surface area contributed by atoms with E-state index in [0.29, 0.717) is 42.8 Å². The molecule has 0 aliphatic carbocycles. The number of halogens is 3. The van der Waals surface area contributed by atoms with Gasteiger partial charge < -0.3 is 15.3 Å². The van der Waals surface area contributed by atoms with Gasteiger partial charge in [-0.2, -0.15) is 0 Å². The number of aromatic nitrogens is 3. The van der Waals surface area contributed by atoms with Crippen LogP contribution in [0.15, 0.2) is 35.4 Å². The van der Waals surface area contributed by atoms with Crippen LogP contribution < -0.4 is 10.9 Å². The van der Waals surface area contributed by atoms with Crippen molar-refractivity contribution in [3.8, 4) is 0 Å². The number of nitrogens with one attached hydrogen (secondary N) is 1. The van der Waals surface area contributed by atoms with Crippen molar-refractivity contribution in [2.75, 3.05) is 25.5 Å². The standard InChI is InChI=1S/C23H26F3N5O2/c1-13(14-5-4-6-15(18(14)24)19(25)26)29-20-16-11-17(23(33)7-9-30(2)10-8-23)22(32)31(3)21(16)28-12-27-20/h4-6,11-13,19,33H,7-10H2,1-3H3,(H,27,28,29)/t13-/m1/s1. The van der Waals surface area contributed by atoms with Crippen LogP contribution >= 0.6 is 0 Å². The highest BCUT2D eigenvalue weighted by atomic mass is 19.3. The maximum Gasteiger partial charge on any atom is 0.266 e. The number of anilines is 1. The zero-order valence-corrected chi connectivity index (χ0v) is 18.6. The van der Waals surface area contributed by atoms with Gasteiger partial charge in [-0.25, -0.2) is 23.1 Å². The molecular weight excluding hydrogens is 435 g/mol. The average molecular weight is 461 g/mol. The minimum atomic E-state index is -2.93. The lowest BCUT2D eigenvalue weighted by atomic mass is 9.85. The zero-order chi connectivity index (χ0) is 23.9. The highest BCUT2D eigenvalue weighted by Gasteiger charge is 2.36. The van der Waals surface area contributed by atoms with Gasteiger partial charge in [-0.1, -0.05) is 18.2 Å². The van der Waals surface area contributed by atoms with Crippen molar-refractivity contribution in [2.24, 2.45) is 7.05 Å². The van der Waals surface area contributed by atoms with Gasteiger partial charge in [0, 0.05) is 31.3 Å². The van der Waals surface area contributed by atoms with E-state index in [2.05, 4.69) is 20.2 Å². The first kappa shape index (κ1) is 23.2. The van der Waals surface area contributed by atoms with Crippen LogP contribution in [-0.4, -0.2) is 44.7 Å². The number of alkyl halides is 2. The number of piperidine rings is 1. The summed E-state index contributed by atoms with van der Waals surface area (Å²) in [4.78, 5) is 23.6. The van der Waals surface area contributed by atoms with Crippen molar-refractivity contribution in [2.45, 2.75) is 37.8 Å². The predicted octanol–water partition coefficient (Wildman–Crippen LogP) is 3.49. The van der Waals surface area contributed by atoms with Gasteiger partial charge in [-0.05, 0) is 32.9 Å². The summed E-state index contributed by atoms with van der Waals surface area (Å²) in [6, 6.07) is 4.76. The lowest BCUT2D eigenvalue weighted by Crippen LogP contribution is -2.44. The molecule has 0 amide bonds. The Morgan fingerprint density at radius 1 is 1.15 bits per heavy atom. The third kappa shape index (κ3) is 4.20. The second-order valence-electron chi connectivity index (χ2n) is 8.63. The molecule has 2 aromatic heterocycles. The fourth-order valence-electron chi connectivity index (χ4n) is 4.33. The molecule has 33 heavy (non-hydrogen) atoms. The summed E-state index contributed by atoms with van der Waals surface area (Å²) in [5, 5.41) is 14.8. The lowest BCUT2D eigenvalue weighted by Gasteiger charge is -2.36. The number of nitrogens with zero attached hydrogens (tertiary/aromatic N) is 4. The summed E-state index contributed by atoms with van der Waals surface area (Å²) in [5.74, 6) is -0.665. The summed E-state index contributed by atoms with van der Waals surface area (Å²) in [6.45, 7) is 2.92. The highest BCUT2D eigenvalue weighted by Crippen LogP contribution is 2.34. The van der Waals surface area contributed by atoms with E-state index in [1.165, 1.54) is 23.0 Å². The van der Waals surface area contributed by atoms with Crippen LogP contribution in [-0.2, 0) is 12.6 Å². The minimum absolute atomic E-state index is 0.0681. The van der Waals surface area contributed by atoms with E-state index >= 15 is 0 Å². The van der Waals surface area contributed by atoms with Crippen molar-refractivity contribution in [3.63, 3.8) is 0 Å². The number of hydrogen-bond acceptors (Lipinski definition) is 6. The quantitative estimate of drug-likeness (QED) is 0.605. The summed E-state index contributed by atoms with van der Waals surface area (Å²) >= 11 is 0. The molecule has 1 fully saturated rings. The number of aryl methyl sites for hydroxylation is 1. The molecule has 1 aromatic carbocycles. The number of aliphatic hydroxyl groups is 1. The van der Waals surface area contributed by atoms with Crippen LogP contribution in [0.2, 0.25) is 0 Å².